The molecule has 0 aromatic heterocycles. The number of hydrogen-bond acceptors (Lipinski definition) is 2. The maximum absolute atomic E-state index is 5.67. The Labute approximate surface area is 151 Å². The SMILES string of the molecule is C/C=C/COc1ccc(C(C)(C)c2ccc(OC/C=C/C)cc2)cc1. The molecule has 0 aliphatic rings. The average Bonchev–Trinajstić information content (AvgIpc) is 2.63. The predicted molar refractivity (Wildman–Crippen MR) is 106 cm³/mol. The zero-order valence-electron chi connectivity index (χ0n) is 15.7. The second-order valence-electron chi connectivity index (χ2n) is 6.43. The summed E-state index contributed by atoms with van der Waals surface area (Å²) in [5.74, 6) is 1.79. The van der Waals surface area contributed by atoms with E-state index in [2.05, 4.69) is 38.1 Å². The van der Waals surface area contributed by atoms with Crippen LogP contribution in [0.1, 0.15) is 38.8 Å². The molecule has 2 rings (SSSR count). The molecule has 2 aromatic rings. The third-order valence-corrected chi connectivity index (χ3v) is 4.32. The van der Waals surface area contributed by atoms with Gasteiger partial charge in [-0.3, -0.25) is 0 Å². The summed E-state index contributed by atoms with van der Waals surface area (Å²) in [5.41, 5.74) is 2.44. The van der Waals surface area contributed by atoms with Gasteiger partial charge >= 0.3 is 0 Å². The van der Waals surface area contributed by atoms with Crippen LogP contribution < -0.4 is 9.47 Å². The first kappa shape index (κ1) is 18.9. The molecule has 0 spiro atoms. The minimum atomic E-state index is -0.0797. The Kier molecular flexibility index (Phi) is 6.88. The third kappa shape index (κ3) is 5.25. The lowest BCUT2D eigenvalue weighted by Gasteiger charge is -2.26. The summed E-state index contributed by atoms with van der Waals surface area (Å²) in [6.45, 7) is 9.66. The fourth-order valence-corrected chi connectivity index (χ4v) is 2.58. The highest BCUT2D eigenvalue weighted by atomic mass is 16.5. The summed E-state index contributed by atoms with van der Waals surface area (Å²) in [6.07, 6.45) is 7.97. The molecule has 0 saturated carbocycles. The molecule has 0 atom stereocenters. The predicted octanol–water partition coefficient (Wildman–Crippen LogP) is 5.92. The van der Waals surface area contributed by atoms with E-state index in [1.807, 2.05) is 62.4 Å². The lowest BCUT2D eigenvalue weighted by Crippen LogP contribution is -2.18. The monoisotopic (exact) mass is 336 g/mol. The van der Waals surface area contributed by atoms with Gasteiger partial charge in [0.05, 0.1) is 0 Å². The maximum Gasteiger partial charge on any atom is 0.119 e. The van der Waals surface area contributed by atoms with Crippen molar-refractivity contribution in [1.29, 1.82) is 0 Å². The molecule has 25 heavy (non-hydrogen) atoms. The first-order chi connectivity index (χ1) is 12.1. The Morgan fingerprint density at radius 3 is 1.36 bits per heavy atom. The molecule has 0 N–H and O–H groups in total. The lowest BCUT2D eigenvalue weighted by molar-refractivity contribution is 0.362. The Hall–Kier alpha value is -2.48. The Morgan fingerprint density at radius 2 is 1.04 bits per heavy atom. The average molecular weight is 336 g/mol. The molecule has 2 aromatic carbocycles. The normalized spacial score (nSPS) is 12.0. The van der Waals surface area contributed by atoms with Crippen molar-refractivity contribution in [2.75, 3.05) is 13.2 Å². The van der Waals surface area contributed by atoms with Crippen molar-refractivity contribution in [3.63, 3.8) is 0 Å². The molecule has 0 aliphatic carbocycles. The summed E-state index contributed by atoms with van der Waals surface area (Å²) in [6, 6.07) is 16.7. The zero-order chi connectivity index (χ0) is 18.1. The van der Waals surface area contributed by atoms with E-state index in [0.717, 1.165) is 11.5 Å². The molecule has 0 aliphatic heterocycles. The van der Waals surface area contributed by atoms with Crippen molar-refractivity contribution in [1.82, 2.24) is 0 Å². The van der Waals surface area contributed by atoms with Crippen LogP contribution >= 0.6 is 0 Å². The van der Waals surface area contributed by atoms with Crippen molar-refractivity contribution in [3.8, 4) is 11.5 Å². The molecule has 0 unspecified atom stereocenters. The van der Waals surface area contributed by atoms with Gasteiger partial charge in [-0.2, -0.15) is 0 Å². The zero-order valence-corrected chi connectivity index (χ0v) is 15.7. The molecule has 0 amide bonds. The highest BCUT2D eigenvalue weighted by molar-refractivity contribution is 5.41. The molecular formula is C23H28O2. The smallest absolute Gasteiger partial charge is 0.119 e. The minimum absolute atomic E-state index is 0.0797. The molecule has 0 heterocycles. The summed E-state index contributed by atoms with van der Waals surface area (Å²) in [5, 5.41) is 0. The van der Waals surface area contributed by atoms with Crippen LogP contribution in [-0.4, -0.2) is 13.2 Å². The summed E-state index contributed by atoms with van der Waals surface area (Å²) >= 11 is 0. The van der Waals surface area contributed by atoms with E-state index in [0.29, 0.717) is 13.2 Å². The van der Waals surface area contributed by atoms with Crippen LogP contribution in [0, 0.1) is 0 Å². The van der Waals surface area contributed by atoms with E-state index < -0.39 is 0 Å². The van der Waals surface area contributed by atoms with Crippen LogP contribution in [-0.2, 0) is 5.41 Å². The van der Waals surface area contributed by atoms with Gasteiger partial charge in [0.2, 0.25) is 0 Å². The van der Waals surface area contributed by atoms with Crippen molar-refractivity contribution < 1.29 is 9.47 Å². The third-order valence-electron chi connectivity index (χ3n) is 4.32. The Morgan fingerprint density at radius 1 is 0.680 bits per heavy atom. The van der Waals surface area contributed by atoms with E-state index >= 15 is 0 Å². The highest BCUT2D eigenvalue weighted by Gasteiger charge is 2.23. The summed E-state index contributed by atoms with van der Waals surface area (Å²) in [4.78, 5) is 0. The number of ether oxygens (including phenoxy) is 2. The number of allylic oxidation sites excluding steroid dienone is 2. The lowest BCUT2D eigenvalue weighted by atomic mass is 9.78. The molecule has 0 bridgehead atoms. The Balaban J connectivity index is 2.09. The van der Waals surface area contributed by atoms with Gasteiger partial charge in [-0.05, 0) is 49.2 Å². The molecule has 132 valence electrons. The van der Waals surface area contributed by atoms with Gasteiger partial charge in [0.15, 0.2) is 0 Å². The van der Waals surface area contributed by atoms with Gasteiger partial charge in [-0.1, -0.05) is 62.4 Å². The van der Waals surface area contributed by atoms with Crippen molar-refractivity contribution in [2.45, 2.75) is 33.1 Å². The Bertz CT molecular complexity index is 630. The van der Waals surface area contributed by atoms with E-state index in [4.69, 9.17) is 9.47 Å². The largest absolute Gasteiger partial charge is 0.490 e. The molecule has 0 saturated heterocycles. The van der Waals surface area contributed by atoms with Crippen LogP contribution in [0.25, 0.3) is 0 Å². The van der Waals surface area contributed by atoms with Gasteiger partial charge < -0.3 is 9.47 Å². The van der Waals surface area contributed by atoms with E-state index in [1.165, 1.54) is 11.1 Å². The fourth-order valence-electron chi connectivity index (χ4n) is 2.58. The first-order valence-electron chi connectivity index (χ1n) is 8.77. The maximum atomic E-state index is 5.67. The number of rotatable bonds is 8. The standard InChI is InChI=1S/C23H28O2/c1-5-7-17-24-21-13-9-19(10-14-21)23(3,4)20-11-15-22(16-12-20)25-18-8-6-2/h5-16H,17-18H2,1-4H3/b7-5+,8-6+. The first-order valence-corrected chi connectivity index (χ1v) is 8.77. The number of hydrogen-bond donors (Lipinski definition) is 0. The van der Waals surface area contributed by atoms with E-state index in [9.17, 15) is 0 Å². The minimum Gasteiger partial charge on any atom is -0.490 e. The van der Waals surface area contributed by atoms with Crippen molar-refractivity contribution >= 4 is 0 Å². The van der Waals surface area contributed by atoms with Crippen LogP contribution in [0.4, 0.5) is 0 Å². The van der Waals surface area contributed by atoms with Gasteiger partial charge in [0.25, 0.3) is 0 Å². The quantitative estimate of drug-likeness (QED) is 0.557. The topological polar surface area (TPSA) is 18.5 Å². The van der Waals surface area contributed by atoms with Crippen LogP contribution in [0.15, 0.2) is 72.8 Å². The van der Waals surface area contributed by atoms with Gasteiger partial charge in [-0.15, -0.1) is 0 Å². The van der Waals surface area contributed by atoms with Crippen LogP contribution in [0.5, 0.6) is 11.5 Å². The van der Waals surface area contributed by atoms with Gasteiger partial charge in [-0.25, -0.2) is 0 Å². The molecule has 2 nitrogen and oxygen atoms in total. The second-order valence-corrected chi connectivity index (χ2v) is 6.43. The molecular weight excluding hydrogens is 308 g/mol. The van der Waals surface area contributed by atoms with Crippen molar-refractivity contribution in [2.24, 2.45) is 0 Å². The summed E-state index contributed by atoms with van der Waals surface area (Å²) < 4.78 is 11.3. The highest BCUT2D eigenvalue weighted by Crippen LogP contribution is 2.33. The van der Waals surface area contributed by atoms with Gasteiger partial charge in [0.1, 0.15) is 24.7 Å². The summed E-state index contributed by atoms with van der Waals surface area (Å²) in [7, 11) is 0. The van der Waals surface area contributed by atoms with Crippen LogP contribution in [0.3, 0.4) is 0 Å². The van der Waals surface area contributed by atoms with Gasteiger partial charge in [0, 0.05) is 5.41 Å². The second kappa shape index (κ2) is 9.12. The van der Waals surface area contributed by atoms with E-state index in [1.54, 1.807) is 0 Å². The molecule has 0 radical (unpaired) electrons. The van der Waals surface area contributed by atoms with Crippen LogP contribution in [0.2, 0.25) is 0 Å². The molecule has 0 fully saturated rings. The van der Waals surface area contributed by atoms with E-state index in [-0.39, 0.29) is 5.41 Å². The molecule has 2 heteroatoms. The number of benzene rings is 2. The fraction of sp³-hybridized carbons (Fsp3) is 0.304. The van der Waals surface area contributed by atoms with Crippen molar-refractivity contribution in [3.05, 3.63) is 84.0 Å².